The van der Waals surface area contributed by atoms with Crippen LogP contribution in [0.25, 0.3) is 0 Å². The average molecular weight is 325 g/mol. The van der Waals surface area contributed by atoms with Gasteiger partial charge in [-0.2, -0.15) is 10.1 Å². The minimum atomic E-state index is 0.515. The number of hydrogen-bond acceptors (Lipinski definition) is 5. The number of rotatable bonds is 6. The van der Waals surface area contributed by atoms with Gasteiger partial charge in [-0.3, -0.25) is 0 Å². The molecule has 2 aromatic rings. The van der Waals surface area contributed by atoms with E-state index in [1.807, 2.05) is 6.07 Å². The molecule has 0 bridgehead atoms. The molecule has 0 radical (unpaired) electrons. The van der Waals surface area contributed by atoms with E-state index in [2.05, 4.69) is 51.6 Å². The van der Waals surface area contributed by atoms with E-state index in [-0.39, 0.29) is 0 Å². The number of nitrogens with one attached hydrogen (secondary N) is 1. The van der Waals surface area contributed by atoms with Crippen molar-refractivity contribution in [1.29, 1.82) is 0 Å². The highest BCUT2D eigenvalue weighted by atomic mass is 15.3. The molecule has 0 aliphatic heterocycles. The fraction of sp³-hybridized carbons (Fsp3) is 0.526. The van der Waals surface area contributed by atoms with Gasteiger partial charge in [0.15, 0.2) is 5.82 Å². The molecule has 0 saturated heterocycles. The Kier molecular flexibility index (Phi) is 5.99. The number of hydrogen-bond donors (Lipinski definition) is 1. The van der Waals surface area contributed by atoms with Crippen molar-refractivity contribution in [2.24, 2.45) is 0 Å². The van der Waals surface area contributed by atoms with Crippen LogP contribution in [-0.4, -0.2) is 27.8 Å². The van der Waals surface area contributed by atoms with Crippen molar-refractivity contribution in [3.63, 3.8) is 0 Å². The number of anilines is 2. The third kappa shape index (κ3) is 4.66. The van der Waals surface area contributed by atoms with Gasteiger partial charge in [0.2, 0.25) is 5.95 Å². The number of aromatic nitrogens is 3. The van der Waals surface area contributed by atoms with Gasteiger partial charge < -0.3 is 10.2 Å². The monoisotopic (exact) mass is 325 g/mol. The molecule has 0 atom stereocenters. The van der Waals surface area contributed by atoms with E-state index < -0.39 is 0 Å². The summed E-state index contributed by atoms with van der Waals surface area (Å²) in [5, 5.41) is 12.0. The summed E-state index contributed by atoms with van der Waals surface area (Å²) < 4.78 is 0. The highest BCUT2D eigenvalue weighted by Gasteiger charge is 2.14. The summed E-state index contributed by atoms with van der Waals surface area (Å²) in [5.41, 5.74) is 1.25. The molecule has 1 N–H and O–H groups in total. The molecular formula is C19H27N5. The van der Waals surface area contributed by atoms with Gasteiger partial charge in [-0.1, -0.05) is 56.0 Å². The van der Waals surface area contributed by atoms with E-state index in [1.54, 1.807) is 6.20 Å². The van der Waals surface area contributed by atoms with E-state index in [0.717, 1.165) is 18.9 Å². The molecule has 1 saturated carbocycles. The summed E-state index contributed by atoms with van der Waals surface area (Å²) in [5.74, 6) is 1.54. The quantitative estimate of drug-likeness (QED) is 0.813. The maximum atomic E-state index is 4.71. The molecule has 0 unspecified atom stereocenters. The number of benzene rings is 1. The van der Waals surface area contributed by atoms with Crippen LogP contribution >= 0.6 is 0 Å². The van der Waals surface area contributed by atoms with Gasteiger partial charge in [-0.05, 0) is 25.3 Å². The Balaban J connectivity index is 1.68. The first-order valence-electron chi connectivity index (χ1n) is 9.10. The van der Waals surface area contributed by atoms with Crippen LogP contribution in [0, 0.1) is 0 Å². The maximum absolute atomic E-state index is 4.71. The fourth-order valence-electron chi connectivity index (χ4n) is 3.26. The van der Waals surface area contributed by atoms with Gasteiger partial charge in [0, 0.05) is 19.1 Å². The molecule has 1 heterocycles. The summed E-state index contributed by atoms with van der Waals surface area (Å²) in [6.45, 7) is 3.77. The van der Waals surface area contributed by atoms with Crippen LogP contribution in [0.1, 0.15) is 51.0 Å². The van der Waals surface area contributed by atoms with Crippen molar-refractivity contribution in [3.05, 3.63) is 42.1 Å². The summed E-state index contributed by atoms with van der Waals surface area (Å²) in [6, 6.07) is 10.9. The Morgan fingerprint density at radius 3 is 2.54 bits per heavy atom. The normalized spacial score (nSPS) is 15.7. The summed E-state index contributed by atoms with van der Waals surface area (Å²) in [7, 11) is 0. The largest absolute Gasteiger partial charge is 0.366 e. The lowest BCUT2D eigenvalue weighted by Gasteiger charge is -2.22. The Morgan fingerprint density at radius 2 is 1.83 bits per heavy atom. The maximum Gasteiger partial charge on any atom is 0.247 e. The lowest BCUT2D eigenvalue weighted by Crippen LogP contribution is -2.26. The van der Waals surface area contributed by atoms with Crippen molar-refractivity contribution in [3.8, 4) is 0 Å². The molecule has 5 nitrogen and oxygen atoms in total. The summed E-state index contributed by atoms with van der Waals surface area (Å²) in [4.78, 5) is 6.86. The Hall–Kier alpha value is -2.17. The smallest absolute Gasteiger partial charge is 0.247 e. The predicted molar refractivity (Wildman–Crippen MR) is 98.1 cm³/mol. The zero-order valence-corrected chi connectivity index (χ0v) is 14.5. The van der Waals surface area contributed by atoms with Crippen LogP contribution in [0.2, 0.25) is 0 Å². The molecule has 1 aliphatic carbocycles. The second-order valence-corrected chi connectivity index (χ2v) is 6.47. The fourth-order valence-corrected chi connectivity index (χ4v) is 3.26. The van der Waals surface area contributed by atoms with Crippen LogP contribution in [0.15, 0.2) is 36.5 Å². The van der Waals surface area contributed by atoms with Gasteiger partial charge >= 0.3 is 0 Å². The van der Waals surface area contributed by atoms with Crippen LogP contribution in [0.5, 0.6) is 0 Å². The van der Waals surface area contributed by atoms with Gasteiger partial charge in [-0.25, -0.2) is 0 Å². The SMILES string of the molecule is CCN(Cc1ccccc1)c1nncc(NC2CCCCCC2)n1. The molecule has 0 amide bonds. The second kappa shape index (κ2) is 8.62. The van der Waals surface area contributed by atoms with Crippen LogP contribution < -0.4 is 10.2 Å². The second-order valence-electron chi connectivity index (χ2n) is 6.47. The average Bonchev–Trinajstić information content (AvgIpc) is 2.89. The number of nitrogens with zero attached hydrogens (tertiary/aromatic N) is 4. The molecule has 24 heavy (non-hydrogen) atoms. The molecule has 128 valence electrons. The lowest BCUT2D eigenvalue weighted by molar-refractivity contribution is 0.616. The van der Waals surface area contributed by atoms with E-state index in [4.69, 9.17) is 4.98 Å². The standard InChI is InChI=1S/C19H27N5/c1-2-24(15-16-10-6-5-7-11-16)19-22-18(14-20-23-19)21-17-12-8-3-4-9-13-17/h5-7,10-11,14,17H,2-4,8-9,12-13,15H2,1H3,(H,21,22,23). The Labute approximate surface area is 144 Å². The molecule has 0 spiro atoms. The molecule has 3 rings (SSSR count). The van der Waals surface area contributed by atoms with Gasteiger partial charge in [0.05, 0.1) is 6.20 Å². The lowest BCUT2D eigenvalue weighted by atomic mass is 10.1. The topological polar surface area (TPSA) is 53.9 Å². The molecule has 1 fully saturated rings. The third-order valence-electron chi connectivity index (χ3n) is 4.64. The molecule has 1 aliphatic rings. The highest BCUT2D eigenvalue weighted by Crippen LogP contribution is 2.21. The van der Waals surface area contributed by atoms with Gasteiger partial charge in [0.25, 0.3) is 0 Å². The first-order chi connectivity index (χ1) is 11.8. The van der Waals surface area contributed by atoms with Gasteiger partial charge in [-0.15, -0.1) is 5.10 Å². The summed E-state index contributed by atoms with van der Waals surface area (Å²) in [6.07, 6.45) is 9.50. The van der Waals surface area contributed by atoms with E-state index in [9.17, 15) is 0 Å². The third-order valence-corrected chi connectivity index (χ3v) is 4.64. The molecular weight excluding hydrogens is 298 g/mol. The van der Waals surface area contributed by atoms with Crippen LogP contribution in [0.4, 0.5) is 11.8 Å². The van der Waals surface area contributed by atoms with Crippen molar-refractivity contribution in [2.75, 3.05) is 16.8 Å². The van der Waals surface area contributed by atoms with Crippen molar-refractivity contribution in [1.82, 2.24) is 15.2 Å². The van der Waals surface area contributed by atoms with Gasteiger partial charge in [0.1, 0.15) is 0 Å². The zero-order valence-electron chi connectivity index (χ0n) is 14.5. The van der Waals surface area contributed by atoms with E-state index >= 15 is 0 Å². The molecule has 1 aromatic carbocycles. The minimum Gasteiger partial charge on any atom is -0.366 e. The summed E-state index contributed by atoms with van der Waals surface area (Å²) >= 11 is 0. The Morgan fingerprint density at radius 1 is 1.08 bits per heavy atom. The highest BCUT2D eigenvalue weighted by molar-refractivity contribution is 5.40. The van der Waals surface area contributed by atoms with E-state index in [0.29, 0.717) is 12.0 Å². The molecule has 1 aromatic heterocycles. The van der Waals surface area contributed by atoms with Crippen molar-refractivity contribution < 1.29 is 0 Å². The Bertz CT molecular complexity index is 608. The first-order valence-corrected chi connectivity index (χ1v) is 9.10. The van der Waals surface area contributed by atoms with Crippen molar-refractivity contribution in [2.45, 2.75) is 58.0 Å². The van der Waals surface area contributed by atoms with Crippen LogP contribution in [0.3, 0.4) is 0 Å². The zero-order chi connectivity index (χ0) is 16.6. The van der Waals surface area contributed by atoms with Crippen molar-refractivity contribution >= 4 is 11.8 Å². The van der Waals surface area contributed by atoms with Crippen LogP contribution in [-0.2, 0) is 6.54 Å². The first kappa shape index (κ1) is 16.7. The predicted octanol–water partition coefficient (Wildman–Crippen LogP) is 4.03. The van der Waals surface area contributed by atoms with E-state index in [1.165, 1.54) is 44.1 Å². The minimum absolute atomic E-state index is 0.515. The molecule has 5 heteroatoms.